The number of anilines is 3. The van der Waals surface area contributed by atoms with Crippen LogP contribution in [-0.2, 0) is 16.3 Å². The van der Waals surface area contributed by atoms with Crippen LogP contribution in [0.15, 0.2) is 30.5 Å². The topological polar surface area (TPSA) is 79.3 Å². The number of benzene rings is 1. The lowest BCUT2D eigenvalue weighted by molar-refractivity contribution is 0.600. The highest BCUT2D eigenvalue weighted by atomic mass is 32.2. The Bertz CT molecular complexity index is 886. The van der Waals surface area contributed by atoms with E-state index < -0.39 is 9.84 Å². The average molecular weight is 359 g/mol. The maximum atomic E-state index is 11.7. The number of rotatable bonds is 3. The summed E-state index contributed by atoms with van der Waals surface area (Å²) in [5.74, 6) is 1.62. The summed E-state index contributed by atoms with van der Waals surface area (Å²) in [6.45, 7) is 0.886. The summed E-state index contributed by atoms with van der Waals surface area (Å²) >= 11 is 0. The van der Waals surface area contributed by atoms with Gasteiger partial charge in [0, 0.05) is 25.3 Å². The Kier molecular flexibility index (Phi) is 4.07. The van der Waals surface area contributed by atoms with E-state index in [2.05, 4.69) is 38.3 Å². The SMILES string of the molecule is CN(c1nncc(N2CCCc3ccccc32)n1)C1CCS(=O)(=O)C1. The number of hydrogen-bond acceptors (Lipinski definition) is 7. The third-order valence-corrected chi connectivity index (χ3v) is 6.74. The van der Waals surface area contributed by atoms with Gasteiger partial charge in [0.25, 0.3) is 0 Å². The number of sulfone groups is 1. The Hall–Kier alpha value is -2.22. The molecule has 2 aliphatic rings. The van der Waals surface area contributed by atoms with Crippen molar-refractivity contribution in [1.82, 2.24) is 15.2 Å². The van der Waals surface area contributed by atoms with Crippen molar-refractivity contribution in [3.63, 3.8) is 0 Å². The molecule has 1 unspecified atom stereocenters. The van der Waals surface area contributed by atoms with Crippen molar-refractivity contribution in [2.24, 2.45) is 0 Å². The average Bonchev–Trinajstić information content (AvgIpc) is 3.00. The van der Waals surface area contributed by atoms with Crippen molar-refractivity contribution < 1.29 is 8.42 Å². The largest absolute Gasteiger partial charge is 0.338 e. The molecule has 0 spiro atoms. The molecule has 0 amide bonds. The molecule has 3 heterocycles. The standard InChI is InChI=1S/C17H21N5O2S/c1-21(14-8-10-25(23,24)12-14)17-19-16(11-18-20-17)22-9-4-6-13-5-2-3-7-15(13)22/h2-3,5,7,11,14H,4,6,8-10,12H2,1H3. The molecule has 25 heavy (non-hydrogen) atoms. The first-order chi connectivity index (χ1) is 12.0. The van der Waals surface area contributed by atoms with Crippen molar-refractivity contribution in [2.45, 2.75) is 25.3 Å². The molecule has 0 N–H and O–H groups in total. The summed E-state index contributed by atoms with van der Waals surface area (Å²) in [5, 5.41) is 8.24. The first-order valence-corrected chi connectivity index (χ1v) is 10.3. The smallest absolute Gasteiger partial charge is 0.247 e. The first-order valence-electron chi connectivity index (χ1n) is 8.52. The van der Waals surface area contributed by atoms with Crippen molar-refractivity contribution >= 4 is 27.3 Å². The molecular formula is C17H21N5O2S. The molecule has 0 saturated carbocycles. The van der Waals surface area contributed by atoms with E-state index in [0.29, 0.717) is 12.4 Å². The molecule has 1 aromatic carbocycles. The zero-order chi connectivity index (χ0) is 17.4. The van der Waals surface area contributed by atoms with Crippen LogP contribution in [-0.4, -0.2) is 54.7 Å². The quantitative estimate of drug-likeness (QED) is 0.823. The molecule has 1 atom stereocenters. The lowest BCUT2D eigenvalue weighted by Gasteiger charge is -2.31. The molecule has 0 bridgehead atoms. The van der Waals surface area contributed by atoms with E-state index >= 15 is 0 Å². The lowest BCUT2D eigenvalue weighted by Crippen LogP contribution is -2.34. The Morgan fingerprint density at radius 1 is 1.28 bits per heavy atom. The van der Waals surface area contributed by atoms with E-state index in [9.17, 15) is 8.42 Å². The van der Waals surface area contributed by atoms with Crippen molar-refractivity contribution in [3.05, 3.63) is 36.0 Å². The Morgan fingerprint density at radius 2 is 2.12 bits per heavy atom. The van der Waals surface area contributed by atoms with Gasteiger partial charge >= 0.3 is 0 Å². The minimum atomic E-state index is -2.95. The molecule has 7 nitrogen and oxygen atoms in total. The van der Waals surface area contributed by atoms with Gasteiger partial charge in [-0.15, -0.1) is 5.10 Å². The molecule has 1 aromatic heterocycles. The van der Waals surface area contributed by atoms with Gasteiger partial charge in [-0.05, 0) is 30.9 Å². The number of hydrogen-bond donors (Lipinski definition) is 0. The number of aromatic nitrogens is 3. The maximum absolute atomic E-state index is 11.7. The zero-order valence-corrected chi connectivity index (χ0v) is 15.0. The van der Waals surface area contributed by atoms with Crippen LogP contribution in [0.3, 0.4) is 0 Å². The van der Waals surface area contributed by atoms with Gasteiger partial charge < -0.3 is 9.80 Å². The Labute approximate surface area is 147 Å². The Morgan fingerprint density at radius 3 is 2.92 bits per heavy atom. The van der Waals surface area contributed by atoms with Crippen molar-refractivity contribution in [2.75, 3.05) is 34.9 Å². The summed E-state index contributed by atoms with van der Waals surface area (Å²) in [6.07, 6.45) is 4.41. The van der Waals surface area contributed by atoms with E-state index in [4.69, 9.17) is 0 Å². The summed E-state index contributed by atoms with van der Waals surface area (Å²) in [4.78, 5) is 8.68. The summed E-state index contributed by atoms with van der Waals surface area (Å²) in [7, 11) is -1.10. The van der Waals surface area contributed by atoms with Gasteiger partial charge in [-0.3, -0.25) is 0 Å². The van der Waals surface area contributed by atoms with Crippen LogP contribution in [0, 0.1) is 0 Å². The molecule has 2 aromatic rings. The van der Waals surface area contributed by atoms with Crippen LogP contribution in [0.2, 0.25) is 0 Å². The van der Waals surface area contributed by atoms with Crippen LogP contribution in [0.4, 0.5) is 17.5 Å². The predicted octanol–water partition coefficient (Wildman–Crippen LogP) is 1.58. The molecule has 0 radical (unpaired) electrons. The lowest BCUT2D eigenvalue weighted by atomic mass is 10.0. The van der Waals surface area contributed by atoms with Crippen LogP contribution in [0.25, 0.3) is 0 Å². The summed E-state index contributed by atoms with van der Waals surface area (Å²) in [6, 6.07) is 8.24. The van der Waals surface area contributed by atoms with Crippen LogP contribution in [0.1, 0.15) is 18.4 Å². The number of para-hydroxylation sites is 1. The highest BCUT2D eigenvalue weighted by Gasteiger charge is 2.32. The van der Waals surface area contributed by atoms with Crippen molar-refractivity contribution in [1.29, 1.82) is 0 Å². The fourth-order valence-corrected chi connectivity index (χ4v) is 5.36. The van der Waals surface area contributed by atoms with E-state index in [1.807, 2.05) is 18.0 Å². The monoisotopic (exact) mass is 359 g/mol. The summed E-state index contributed by atoms with van der Waals surface area (Å²) < 4.78 is 23.5. The van der Waals surface area contributed by atoms with E-state index in [0.717, 1.165) is 30.9 Å². The van der Waals surface area contributed by atoms with Gasteiger partial charge in [0.05, 0.1) is 17.7 Å². The molecule has 8 heteroatoms. The van der Waals surface area contributed by atoms with Gasteiger partial charge in [-0.25, -0.2) is 8.42 Å². The van der Waals surface area contributed by atoms with Crippen LogP contribution < -0.4 is 9.80 Å². The second-order valence-corrected chi connectivity index (χ2v) is 8.89. The van der Waals surface area contributed by atoms with Gasteiger partial charge in [0.15, 0.2) is 15.7 Å². The molecule has 2 aliphatic heterocycles. The Balaban J connectivity index is 1.63. The first kappa shape index (κ1) is 16.3. The van der Waals surface area contributed by atoms with Gasteiger partial charge in [-0.1, -0.05) is 18.2 Å². The summed E-state index contributed by atoms with van der Waals surface area (Å²) in [5.41, 5.74) is 2.47. The molecule has 4 rings (SSSR count). The highest BCUT2D eigenvalue weighted by Crippen LogP contribution is 2.32. The van der Waals surface area contributed by atoms with Crippen LogP contribution in [0.5, 0.6) is 0 Å². The number of nitrogens with zero attached hydrogens (tertiary/aromatic N) is 5. The van der Waals surface area contributed by atoms with E-state index in [1.54, 1.807) is 6.20 Å². The third-order valence-electron chi connectivity index (χ3n) is 4.99. The predicted molar refractivity (Wildman–Crippen MR) is 97.1 cm³/mol. The van der Waals surface area contributed by atoms with Gasteiger partial charge in [0.2, 0.25) is 5.95 Å². The molecule has 1 fully saturated rings. The van der Waals surface area contributed by atoms with E-state index in [-0.39, 0.29) is 17.5 Å². The molecule has 1 saturated heterocycles. The van der Waals surface area contributed by atoms with Crippen molar-refractivity contribution in [3.8, 4) is 0 Å². The third kappa shape index (κ3) is 3.18. The van der Waals surface area contributed by atoms with Gasteiger partial charge in [0.1, 0.15) is 0 Å². The normalized spacial score (nSPS) is 21.8. The van der Waals surface area contributed by atoms with Crippen LogP contribution >= 0.6 is 0 Å². The zero-order valence-electron chi connectivity index (χ0n) is 14.2. The minimum absolute atomic E-state index is 0.0873. The fraction of sp³-hybridized carbons (Fsp3) is 0.471. The maximum Gasteiger partial charge on any atom is 0.247 e. The van der Waals surface area contributed by atoms with E-state index in [1.165, 1.54) is 5.56 Å². The highest BCUT2D eigenvalue weighted by molar-refractivity contribution is 7.91. The van der Waals surface area contributed by atoms with Gasteiger partial charge in [-0.2, -0.15) is 10.1 Å². The molecule has 132 valence electrons. The fourth-order valence-electron chi connectivity index (χ4n) is 3.58. The number of fused-ring (bicyclic) bond motifs is 1. The number of aryl methyl sites for hydroxylation is 1. The molecule has 0 aliphatic carbocycles. The second kappa shape index (κ2) is 6.25. The molecular weight excluding hydrogens is 338 g/mol. The second-order valence-electron chi connectivity index (χ2n) is 6.67. The minimum Gasteiger partial charge on any atom is -0.338 e.